The van der Waals surface area contributed by atoms with Crippen LogP contribution in [0.3, 0.4) is 0 Å². The highest BCUT2D eigenvalue weighted by atomic mass is 16.3. The predicted octanol–water partition coefficient (Wildman–Crippen LogP) is 1.23. The summed E-state index contributed by atoms with van der Waals surface area (Å²) in [4.78, 5) is 2.16. The molecule has 5 heteroatoms. The van der Waals surface area contributed by atoms with E-state index in [0.29, 0.717) is 13.0 Å². The average Bonchev–Trinajstić information content (AvgIpc) is 2.58. The van der Waals surface area contributed by atoms with Crippen LogP contribution in [0.1, 0.15) is 30.3 Å². The molecule has 1 aromatic rings. The molecule has 0 fully saturated rings. The fourth-order valence-corrected chi connectivity index (χ4v) is 1.97. The van der Waals surface area contributed by atoms with Gasteiger partial charge in [-0.05, 0) is 27.8 Å². The zero-order chi connectivity index (χ0) is 13.7. The molecule has 100 valence electrons. The van der Waals surface area contributed by atoms with E-state index in [9.17, 15) is 0 Å². The number of aryl methyl sites for hydroxylation is 1. The summed E-state index contributed by atoms with van der Waals surface area (Å²) in [5.74, 6) is 0. The Labute approximate surface area is 109 Å². The van der Waals surface area contributed by atoms with Gasteiger partial charge in [-0.1, -0.05) is 0 Å². The lowest BCUT2D eigenvalue weighted by Gasteiger charge is -2.22. The highest BCUT2D eigenvalue weighted by Crippen LogP contribution is 2.16. The third-order valence-corrected chi connectivity index (χ3v) is 3.39. The molecule has 0 radical (unpaired) electrons. The second-order valence-electron chi connectivity index (χ2n) is 4.72. The van der Waals surface area contributed by atoms with Crippen molar-refractivity contribution in [3.05, 3.63) is 17.0 Å². The topological polar surface area (TPSA) is 65.1 Å². The van der Waals surface area contributed by atoms with E-state index in [2.05, 4.69) is 16.1 Å². The second-order valence-corrected chi connectivity index (χ2v) is 4.72. The average molecular weight is 250 g/mol. The van der Waals surface area contributed by atoms with Gasteiger partial charge in [-0.15, -0.1) is 0 Å². The first kappa shape index (κ1) is 14.7. The molecule has 1 atom stereocenters. The van der Waals surface area contributed by atoms with Crippen molar-refractivity contribution in [3.8, 4) is 6.07 Å². The third kappa shape index (κ3) is 3.31. The largest absolute Gasteiger partial charge is 0.394 e. The van der Waals surface area contributed by atoms with E-state index in [-0.39, 0.29) is 12.6 Å². The summed E-state index contributed by atoms with van der Waals surface area (Å²) in [6.45, 7) is 7.47. The normalized spacial score (nSPS) is 12.7. The number of hydrogen-bond acceptors (Lipinski definition) is 4. The molecule has 0 aliphatic heterocycles. The zero-order valence-corrected chi connectivity index (χ0v) is 11.6. The first-order valence-corrected chi connectivity index (χ1v) is 6.22. The smallest absolute Gasteiger partial charge is 0.0644 e. The van der Waals surface area contributed by atoms with Crippen molar-refractivity contribution in [1.82, 2.24) is 14.7 Å². The zero-order valence-electron chi connectivity index (χ0n) is 11.6. The number of aliphatic hydroxyl groups excluding tert-OH is 1. The van der Waals surface area contributed by atoms with Gasteiger partial charge in [-0.2, -0.15) is 10.4 Å². The molecule has 1 unspecified atom stereocenters. The van der Waals surface area contributed by atoms with Gasteiger partial charge in [0, 0.05) is 23.8 Å². The van der Waals surface area contributed by atoms with Crippen LogP contribution in [0.15, 0.2) is 0 Å². The fourth-order valence-electron chi connectivity index (χ4n) is 1.97. The van der Waals surface area contributed by atoms with Crippen molar-refractivity contribution in [2.24, 2.45) is 0 Å². The van der Waals surface area contributed by atoms with Gasteiger partial charge in [0.2, 0.25) is 0 Å². The van der Waals surface area contributed by atoms with Crippen LogP contribution in [-0.2, 0) is 13.1 Å². The molecule has 0 spiro atoms. The van der Waals surface area contributed by atoms with Gasteiger partial charge in [0.1, 0.15) is 0 Å². The first-order chi connectivity index (χ1) is 8.51. The molecule has 0 bridgehead atoms. The summed E-state index contributed by atoms with van der Waals surface area (Å²) in [5, 5.41) is 22.1. The van der Waals surface area contributed by atoms with Crippen LogP contribution in [-0.4, -0.2) is 39.5 Å². The van der Waals surface area contributed by atoms with E-state index in [1.165, 1.54) is 5.56 Å². The quantitative estimate of drug-likeness (QED) is 0.824. The fraction of sp³-hybridized carbons (Fsp3) is 0.692. The van der Waals surface area contributed by atoms with Crippen LogP contribution in [0.25, 0.3) is 0 Å². The molecule has 0 aromatic carbocycles. The molecule has 0 saturated carbocycles. The summed E-state index contributed by atoms with van der Waals surface area (Å²) < 4.78 is 1.84. The van der Waals surface area contributed by atoms with Gasteiger partial charge >= 0.3 is 0 Å². The minimum Gasteiger partial charge on any atom is -0.394 e. The van der Waals surface area contributed by atoms with E-state index in [4.69, 9.17) is 10.4 Å². The van der Waals surface area contributed by atoms with E-state index >= 15 is 0 Å². The monoisotopic (exact) mass is 250 g/mol. The maximum absolute atomic E-state index is 8.98. The van der Waals surface area contributed by atoms with Crippen molar-refractivity contribution in [3.63, 3.8) is 0 Å². The van der Waals surface area contributed by atoms with Gasteiger partial charge < -0.3 is 5.11 Å². The number of hydrogen-bond donors (Lipinski definition) is 1. The van der Waals surface area contributed by atoms with E-state index in [0.717, 1.165) is 17.9 Å². The maximum atomic E-state index is 8.98. The number of aromatic nitrogens is 2. The molecule has 1 rings (SSSR count). The van der Waals surface area contributed by atoms with Crippen LogP contribution in [0.2, 0.25) is 0 Å². The molecule has 1 N–H and O–H groups in total. The predicted molar refractivity (Wildman–Crippen MR) is 69.9 cm³/mol. The Kier molecular flexibility index (Phi) is 5.32. The highest BCUT2D eigenvalue weighted by Gasteiger charge is 2.16. The molecule has 5 nitrogen and oxygen atoms in total. The standard InChI is InChI=1S/C13H22N4O/c1-10(5-6-14)16(4)9-13-11(2)15-17(7-8-18)12(13)3/h10,18H,5,7-9H2,1-4H3. The molecule has 0 saturated heterocycles. The van der Waals surface area contributed by atoms with Crippen LogP contribution in [0, 0.1) is 25.2 Å². The van der Waals surface area contributed by atoms with Gasteiger partial charge in [0.05, 0.1) is 31.3 Å². The minimum atomic E-state index is 0.0993. The van der Waals surface area contributed by atoms with Crippen LogP contribution in [0.4, 0.5) is 0 Å². The molecular weight excluding hydrogens is 228 g/mol. The molecular formula is C13H22N4O. The van der Waals surface area contributed by atoms with Crippen LogP contribution in [0.5, 0.6) is 0 Å². The Morgan fingerprint density at radius 1 is 1.50 bits per heavy atom. The van der Waals surface area contributed by atoms with Crippen LogP contribution >= 0.6 is 0 Å². The van der Waals surface area contributed by atoms with Gasteiger partial charge in [0.15, 0.2) is 0 Å². The number of nitriles is 1. The Hall–Kier alpha value is -1.38. The number of nitrogens with zero attached hydrogens (tertiary/aromatic N) is 4. The van der Waals surface area contributed by atoms with Crippen molar-refractivity contribution >= 4 is 0 Å². The molecule has 0 amide bonds. The van der Waals surface area contributed by atoms with Gasteiger partial charge in [-0.3, -0.25) is 9.58 Å². The Balaban J connectivity index is 2.81. The number of aliphatic hydroxyl groups is 1. The first-order valence-electron chi connectivity index (χ1n) is 6.22. The molecule has 0 aliphatic carbocycles. The lowest BCUT2D eigenvalue weighted by molar-refractivity contribution is 0.250. The summed E-state index contributed by atoms with van der Waals surface area (Å²) >= 11 is 0. The second kappa shape index (κ2) is 6.53. The van der Waals surface area contributed by atoms with Gasteiger partial charge in [0.25, 0.3) is 0 Å². The van der Waals surface area contributed by atoms with Gasteiger partial charge in [-0.25, -0.2) is 0 Å². The third-order valence-electron chi connectivity index (χ3n) is 3.39. The SMILES string of the molecule is Cc1nn(CCO)c(C)c1CN(C)C(C)CC#N. The lowest BCUT2D eigenvalue weighted by Crippen LogP contribution is -2.28. The van der Waals surface area contributed by atoms with Crippen molar-refractivity contribution in [2.45, 2.75) is 46.3 Å². The van der Waals surface area contributed by atoms with E-state index in [1.54, 1.807) is 0 Å². The van der Waals surface area contributed by atoms with E-state index in [1.807, 2.05) is 32.5 Å². The summed E-state index contributed by atoms with van der Waals surface area (Å²) in [6.07, 6.45) is 0.527. The Morgan fingerprint density at radius 3 is 2.72 bits per heavy atom. The number of rotatable bonds is 6. The van der Waals surface area contributed by atoms with Crippen molar-refractivity contribution in [2.75, 3.05) is 13.7 Å². The summed E-state index contributed by atoms with van der Waals surface area (Å²) in [7, 11) is 2.02. The summed E-state index contributed by atoms with van der Waals surface area (Å²) in [6, 6.07) is 2.42. The van der Waals surface area contributed by atoms with E-state index < -0.39 is 0 Å². The molecule has 18 heavy (non-hydrogen) atoms. The summed E-state index contributed by atoms with van der Waals surface area (Å²) in [5.41, 5.74) is 3.28. The van der Waals surface area contributed by atoms with Crippen molar-refractivity contribution in [1.29, 1.82) is 5.26 Å². The highest BCUT2D eigenvalue weighted by molar-refractivity contribution is 5.24. The van der Waals surface area contributed by atoms with Crippen LogP contribution < -0.4 is 0 Å². The van der Waals surface area contributed by atoms with Crippen molar-refractivity contribution < 1.29 is 5.11 Å². The molecule has 1 aromatic heterocycles. The Morgan fingerprint density at radius 2 is 2.17 bits per heavy atom. The molecule has 1 heterocycles. The minimum absolute atomic E-state index is 0.0993. The molecule has 0 aliphatic rings. The Bertz CT molecular complexity index is 433. The maximum Gasteiger partial charge on any atom is 0.0644 e. The lowest BCUT2D eigenvalue weighted by atomic mass is 10.1.